The highest BCUT2D eigenvalue weighted by Crippen LogP contribution is 2.28. The van der Waals surface area contributed by atoms with Crippen LogP contribution in [0.5, 0.6) is 5.75 Å². The van der Waals surface area contributed by atoms with Gasteiger partial charge in [0, 0.05) is 18.5 Å². The van der Waals surface area contributed by atoms with Gasteiger partial charge in [0.2, 0.25) is 0 Å². The van der Waals surface area contributed by atoms with Gasteiger partial charge in [-0.3, -0.25) is 4.79 Å². The molecule has 0 unspecified atom stereocenters. The van der Waals surface area contributed by atoms with Crippen LogP contribution in [-0.4, -0.2) is 23.6 Å². The van der Waals surface area contributed by atoms with Crippen molar-refractivity contribution in [1.82, 2.24) is 9.88 Å². The fourth-order valence-electron chi connectivity index (χ4n) is 3.24. The molecule has 0 atom stereocenters. The number of carbonyl (C=O) groups is 1. The van der Waals surface area contributed by atoms with Crippen molar-refractivity contribution in [2.45, 2.75) is 38.1 Å². The van der Waals surface area contributed by atoms with Crippen LogP contribution in [0.3, 0.4) is 0 Å². The molecule has 1 heterocycles. The summed E-state index contributed by atoms with van der Waals surface area (Å²) in [5.74, 6) is 0.822. The molecule has 112 valence electrons. The number of rotatable bonds is 3. The molecule has 1 amide bonds. The van der Waals surface area contributed by atoms with Gasteiger partial charge in [0.25, 0.3) is 5.91 Å². The molecule has 1 aliphatic carbocycles. The van der Waals surface area contributed by atoms with Crippen LogP contribution in [0.15, 0.2) is 24.3 Å². The molecule has 0 aliphatic heterocycles. The van der Waals surface area contributed by atoms with E-state index in [1.807, 2.05) is 35.9 Å². The zero-order valence-corrected chi connectivity index (χ0v) is 12.7. The van der Waals surface area contributed by atoms with Crippen molar-refractivity contribution in [2.75, 3.05) is 7.11 Å². The summed E-state index contributed by atoms with van der Waals surface area (Å²) in [5, 5.41) is 4.16. The molecule has 0 radical (unpaired) electrons. The van der Waals surface area contributed by atoms with E-state index >= 15 is 0 Å². The Morgan fingerprint density at radius 1 is 1.29 bits per heavy atom. The minimum atomic E-state index is 0.0163. The van der Waals surface area contributed by atoms with Crippen molar-refractivity contribution in [1.29, 1.82) is 0 Å². The van der Waals surface area contributed by atoms with Crippen LogP contribution < -0.4 is 10.1 Å². The lowest BCUT2D eigenvalue weighted by molar-refractivity contribution is 0.0920. The van der Waals surface area contributed by atoms with Crippen molar-refractivity contribution in [2.24, 2.45) is 7.05 Å². The van der Waals surface area contributed by atoms with Crippen LogP contribution >= 0.6 is 0 Å². The quantitative estimate of drug-likeness (QED) is 0.941. The number of amides is 1. The highest BCUT2D eigenvalue weighted by Gasteiger charge is 2.20. The Labute approximate surface area is 125 Å². The summed E-state index contributed by atoms with van der Waals surface area (Å²) in [5.41, 5.74) is 1.71. The molecule has 1 saturated carbocycles. The molecule has 2 aromatic rings. The molecule has 4 heteroatoms. The van der Waals surface area contributed by atoms with E-state index in [9.17, 15) is 4.79 Å². The van der Waals surface area contributed by atoms with Gasteiger partial charge in [0.05, 0.1) is 12.6 Å². The van der Waals surface area contributed by atoms with E-state index in [1.165, 1.54) is 19.3 Å². The van der Waals surface area contributed by atoms with Gasteiger partial charge in [-0.15, -0.1) is 0 Å². The number of fused-ring (bicyclic) bond motifs is 1. The Morgan fingerprint density at radius 3 is 2.76 bits per heavy atom. The van der Waals surface area contributed by atoms with Gasteiger partial charge in [-0.25, -0.2) is 0 Å². The van der Waals surface area contributed by atoms with E-state index in [2.05, 4.69) is 5.32 Å². The number of nitrogens with one attached hydrogen (secondary N) is 1. The molecule has 0 spiro atoms. The number of hydrogen-bond donors (Lipinski definition) is 1. The molecular weight excluding hydrogens is 264 g/mol. The molecule has 1 aromatic heterocycles. The lowest BCUT2D eigenvalue weighted by Gasteiger charge is -2.22. The molecule has 1 fully saturated rings. The second kappa shape index (κ2) is 5.80. The summed E-state index contributed by atoms with van der Waals surface area (Å²) in [6.45, 7) is 0. The molecule has 0 bridgehead atoms. The van der Waals surface area contributed by atoms with Crippen molar-refractivity contribution in [3.8, 4) is 5.75 Å². The van der Waals surface area contributed by atoms with E-state index in [-0.39, 0.29) is 5.91 Å². The Balaban J connectivity index is 1.89. The summed E-state index contributed by atoms with van der Waals surface area (Å²) < 4.78 is 7.32. The highest BCUT2D eigenvalue weighted by molar-refractivity contribution is 6.00. The zero-order valence-electron chi connectivity index (χ0n) is 12.7. The maximum absolute atomic E-state index is 12.5. The average Bonchev–Trinajstić information content (AvgIpc) is 2.86. The number of ether oxygens (including phenoxy) is 1. The second-order valence-electron chi connectivity index (χ2n) is 5.79. The van der Waals surface area contributed by atoms with Gasteiger partial charge in [-0.05, 0) is 31.0 Å². The summed E-state index contributed by atoms with van der Waals surface area (Å²) in [7, 11) is 3.58. The number of benzene rings is 1. The van der Waals surface area contributed by atoms with Gasteiger partial charge in [0.1, 0.15) is 11.4 Å². The predicted molar refractivity (Wildman–Crippen MR) is 83.8 cm³/mol. The van der Waals surface area contributed by atoms with E-state index < -0.39 is 0 Å². The van der Waals surface area contributed by atoms with Crippen molar-refractivity contribution >= 4 is 16.8 Å². The van der Waals surface area contributed by atoms with E-state index in [0.29, 0.717) is 11.7 Å². The van der Waals surface area contributed by atoms with Crippen molar-refractivity contribution in [3.63, 3.8) is 0 Å². The van der Waals surface area contributed by atoms with E-state index in [1.54, 1.807) is 7.11 Å². The maximum Gasteiger partial charge on any atom is 0.268 e. The van der Waals surface area contributed by atoms with Crippen LogP contribution in [0.1, 0.15) is 42.6 Å². The van der Waals surface area contributed by atoms with Gasteiger partial charge < -0.3 is 14.6 Å². The van der Waals surface area contributed by atoms with Crippen LogP contribution in [0.2, 0.25) is 0 Å². The van der Waals surface area contributed by atoms with E-state index in [0.717, 1.165) is 29.5 Å². The molecular formula is C17H22N2O2. The summed E-state index contributed by atoms with van der Waals surface area (Å²) in [6, 6.07) is 8.13. The minimum Gasteiger partial charge on any atom is -0.496 e. The zero-order chi connectivity index (χ0) is 14.8. The minimum absolute atomic E-state index is 0.0163. The third-order valence-electron chi connectivity index (χ3n) is 4.44. The Bertz CT molecular complexity index is 654. The predicted octanol–water partition coefficient (Wildman–Crippen LogP) is 3.25. The smallest absolute Gasteiger partial charge is 0.268 e. The van der Waals surface area contributed by atoms with E-state index in [4.69, 9.17) is 4.74 Å². The lowest BCUT2D eigenvalue weighted by atomic mass is 9.95. The molecule has 1 aromatic carbocycles. The van der Waals surface area contributed by atoms with Gasteiger partial charge in [-0.2, -0.15) is 0 Å². The monoisotopic (exact) mass is 286 g/mol. The molecule has 1 N–H and O–H groups in total. The number of nitrogens with zero attached hydrogens (tertiary/aromatic N) is 1. The Kier molecular flexibility index (Phi) is 3.86. The first-order valence-electron chi connectivity index (χ1n) is 7.64. The van der Waals surface area contributed by atoms with Crippen LogP contribution in [0.25, 0.3) is 10.9 Å². The second-order valence-corrected chi connectivity index (χ2v) is 5.79. The number of methoxy groups -OCH3 is 1. The molecule has 4 nitrogen and oxygen atoms in total. The largest absolute Gasteiger partial charge is 0.496 e. The third kappa shape index (κ3) is 2.62. The molecule has 3 rings (SSSR count). The first-order valence-corrected chi connectivity index (χ1v) is 7.64. The Morgan fingerprint density at radius 2 is 2.05 bits per heavy atom. The van der Waals surface area contributed by atoms with Gasteiger partial charge in [0.15, 0.2) is 0 Å². The van der Waals surface area contributed by atoms with Crippen molar-refractivity contribution in [3.05, 3.63) is 30.0 Å². The fourth-order valence-corrected chi connectivity index (χ4v) is 3.24. The topological polar surface area (TPSA) is 43.3 Å². The standard InChI is InChI=1S/C17H22N2O2/c1-19-14-9-6-10-16(21-2)13(14)11-15(19)17(20)18-12-7-4-3-5-8-12/h6,9-12H,3-5,7-8H2,1-2H3,(H,18,20). The first kappa shape index (κ1) is 14.0. The third-order valence-corrected chi connectivity index (χ3v) is 4.44. The van der Waals surface area contributed by atoms with Crippen molar-refractivity contribution < 1.29 is 9.53 Å². The average molecular weight is 286 g/mol. The number of aryl methyl sites for hydroxylation is 1. The van der Waals surface area contributed by atoms with Crippen LogP contribution in [0.4, 0.5) is 0 Å². The molecule has 0 saturated heterocycles. The van der Waals surface area contributed by atoms with Gasteiger partial charge >= 0.3 is 0 Å². The fraction of sp³-hybridized carbons (Fsp3) is 0.471. The summed E-state index contributed by atoms with van der Waals surface area (Å²) >= 11 is 0. The lowest BCUT2D eigenvalue weighted by Crippen LogP contribution is -2.36. The first-order chi connectivity index (χ1) is 10.2. The maximum atomic E-state index is 12.5. The number of carbonyl (C=O) groups excluding carboxylic acids is 1. The summed E-state index contributed by atoms with van der Waals surface area (Å²) in [4.78, 5) is 12.5. The van der Waals surface area contributed by atoms with Crippen LogP contribution in [-0.2, 0) is 7.05 Å². The van der Waals surface area contributed by atoms with Crippen LogP contribution in [0, 0.1) is 0 Å². The normalized spacial score (nSPS) is 16.1. The number of hydrogen-bond acceptors (Lipinski definition) is 2. The number of aromatic nitrogens is 1. The summed E-state index contributed by atoms with van der Waals surface area (Å²) in [6.07, 6.45) is 5.91. The molecule has 21 heavy (non-hydrogen) atoms. The highest BCUT2D eigenvalue weighted by atomic mass is 16.5. The molecule has 1 aliphatic rings. The Hall–Kier alpha value is -1.97. The SMILES string of the molecule is COc1cccc2c1cc(C(=O)NC1CCCCC1)n2C. The van der Waals surface area contributed by atoms with Gasteiger partial charge in [-0.1, -0.05) is 25.3 Å².